The van der Waals surface area contributed by atoms with Gasteiger partial charge in [-0.3, -0.25) is 0 Å². The Morgan fingerprint density at radius 3 is 2.31 bits per heavy atom. The highest BCUT2D eigenvalue weighted by Crippen LogP contribution is 2.35. The standard InChI is InChI=1S/C20H22N2O3S/c1-25-20(16-7-3-2-4-8-16)17-11-13-22(14-12-17)26(23,24)19-10-6-5-9-18(19)15-21/h2-10,17,20H,11-14H2,1H3. The van der Waals surface area contributed by atoms with Crippen LogP contribution >= 0.6 is 0 Å². The summed E-state index contributed by atoms with van der Waals surface area (Å²) in [5, 5.41) is 9.20. The van der Waals surface area contributed by atoms with Crippen LogP contribution < -0.4 is 0 Å². The molecule has 136 valence electrons. The predicted molar refractivity (Wildman–Crippen MR) is 98.8 cm³/mol. The Labute approximate surface area is 154 Å². The molecule has 1 fully saturated rings. The van der Waals surface area contributed by atoms with Gasteiger partial charge in [0.1, 0.15) is 6.07 Å². The number of rotatable bonds is 5. The summed E-state index contributed by atoms with van der Waals surface area (Å²) in [6.07, 6.45) is 1.41. The summed E-state index contributed by atoms with van der Waals surface area (Å²) in [5.74, 6) is 0.264. The molecule has 0 saturated carbocycles. The zero-order valence-electron chi connectivity index (χ0n) is 14.7. The van der Waals surface area contributed by atoms with Gasteiger partial charge in [-0.25, -0.2) is 8.42 Å². The van der Waals surface area contributed by atoms with E-state index >= 15 is 0 Å². The van der Waals surface area contributed by atoms with Crippen LogP contribution in [0.4, 0.5) is 0 Å². The van der Waals surface area contributed by atoms with Gasteiger partial charge in [0, 0.05) is 20.2 Å². The van der Waals surface area contributed by atoms with Crippen molar-refractivity contribution in [2.75, 3.05) is 20.2 Å². The third-order valence-corrected chi connectivity index (χ3v) is 6.89. The molecule has 6 heteroatoms. The first kappa shape index (κ1) is 18.6. The first-order valence-corrected chi connectivity index (χ1v) is 10.1. The van der Waals surface area contributed by atoms with E-state index in [1.165, 1.54) is 16.4 Å². The maximum atomic E-state index is 12.9. The quantitative estimate of drug-likeness (QED) is 0.809. The van der Waals surface area contributed by atoms with Gasteiger partial charge >= 0.3 is 0 Å². The van der Waals surface area contributed by atoms with Crippen LogP contribution in [-0.2, 0) is 14.8 Å². The molecule has 1 heterocycles. The largest absolute Gasteiger partial charge is 0.376 e. The molecular weight excluding hydrogens is 348 g/mol. The highest BCUT2D eigenvalue weighted by Gasteiger charge is 2.34. The van der Waals surface area contributed by atoms with Crippen LogP contribution in [0.3, 0.4) is 0 Å². The van der Waals surface area contributed by atoms with Gasteiger partial charge in [0.15, 0.2) is 0 Å². The van der Waals surface area contributed by atoms with Crippen LogP contribution in [0.2, 0.25) is 0 Å². The number of benzene rings is 2. The van der Waals surface area contributed by atoms with Gasteiger partial charge < -0.3 is 4.74 Å². The lowest BCUT2D eigenvalue weighted by Gasteiger charge is -2.35. The maximum Gasteiger partial charge on any atom is 0.244 e. The van der Waals surface area contributed by atoms with E-state index in [2.05, 4.69) is 0 Å². The smallest absolute Gasteiger partial charge is 0.244 e. The molecule has 0 N–H and O–H groups in total. The van der Waals surface area contributed by atoms with Crippen LogP contribution in [-0.4, -0.2) is 32.9 Å². The lowest BCUT2D eigenvalue weighted by molar-refractivity contribution is 0.0303. The van der Waals surface area contributed by atoms with Crippen molar-refractivity contribution < 1.29 is 13.2 Å². The summed E-state index contributed by atoms with van der Waals surface area (Å²) < 4.78 is 33.0. The monoisotopic (exact) mass is 370 g/mol. The van der Waals surface area contributed by atoms with Crippen LogP contribution in [0.5, 0.6) is 0 Å². The van der Waals surface area contributed by atoms with Crippen LogP contribution in [0.25, 0.3) is 0 Å². The molecule has 3 rings (SSSR count). The SMILES string of the molecule is COC(c1ccccc1)C1CCN(S(=O)(=O)c2ccccc2C#N)CC1. The second-order valence-corrected chi connectivity index (χ2v) is 8.32. The van der Waals surface area contributed by atoms with Crippen molar-refractivity contribution in [1.82, 2.24) is 4.31 Å². The van der Waals surface area contributed by atoms with Gasteiger partial charge in [0.05, 0.1) is 16.6 Å². The average molecular weight is 370 g/mol. The van der Waals surface area contributed by atoms with E-state index in [0.717, 1.165) is 18.4 Å². The van der Waals surface area contributed by atoms with Crippen molar-refractivity contribution in [3.63, 3.8) is 0 Å². The first-order valence-electron chi connectivity index (χ1n) is 8.65. The normalized spacial score (nSPS) is 17.5. The van der Waals surface area contributed by atoms with Crippen LogP contribution in [0.15, 0.2) is 59.5 Å². The molecule has 1 saturated heterocycles. The third-order valence-electron chi connectivity index (χ3n) is 4.93. The molecule has 1 aliphatic heterocycles. The lowest BCUT2D eigenvalue weighted by Crippen LogP contribution is -2.40. The summed E-state index contributed by atoms with van der Waals surface area (Å²) in [7, 11) is -1.96. The minimum Gasteiger partial charge on any atom is -0.376 e. The average Bonchev–Trinajstić information content (AvgIpc) is 2.70. The summed E-state index contributed by atoms with van der Waals surface area (Å²) in [4.78, 5) is 0.0901. The Bertz CT molecular complexity index is 883. The van der Waals surface area contributed by atoms with E-state index in [9.17, 15) is 13.7 Å². The Morgan fingerprint density at radius 2 is 1.69 bits per heavy atom. The van der Waals surface area contributed by atoms with Crippen molar-refractivity contribution in [2.24, 2.45) is 5.92 Å². The highest BCUT2D eigenvalue weighted by molar-refractivity contribution is 7.89. The molecule has 0 aromatic heterocycles. The highest BCUT2D eigenvalue weighted by atomic mass is 32.2. The molecule has 26 heavy (non-hydrogen) atoms. The lowest BCUT2D eigenvalue weighted by atomic mass is 9.88. The molecule has 2 aromatic rings. The van der Waals surface area contributed by atoms with Crippen molar-refractivity contribution in [3.8, 4) is 6.07 Å². The summed E-state index contributed by atoms with van der Waals surface area (Å²) in [6, 6.07) is 18.4. The minimum absolute atomic E-state index is 0.0348. The van der Waals surface area contributed by atoms with Gasteiger partial charge in [-0.15, -0.1) is 0 Å². The maximum absolute atomic E-state index is 12.9. The number of hydrogen-bond donors (Lipinski definition) is 0. The molecule has 2 aromatic carbocycles. The van der Waals surface area contributed by atoms with Crippen molar-refractivity contribution >= 4 is 10.0 Å². The Morgan fingerprint density at radius 1 is 1.08 bits per heavy atom. The van der Waals surface area contributed by atoms with E-state index in [1.807, 2.05) is 36.4 Å². The zero-order valence-corrected chi connectivity index (χ0v) is 15.5. The second-order valence-electron chi connectivity index (χ2n) is 6.42. The zero-order chi connectivity index (χ0) is 18.6. The Hall–Kier alpha value is -2.20. The fourth-order valence-corrected chi connectivity index (χ4v) is 5.20. The molecule has 0 spiro atoms. The molecular formula is C20H22N2O3S. The van der Waals surface area contributed by atoms with Crippen molar-refractivity contribution in [1.29, 1.82) is 5.26 Å². The fraction of sp³-hybridized carbons (Fsp3) is 0.350. The summed E-state index contributed by atoms with van der Waals surface area (Å²) in [6.45, 7) is 0.860. The molecule has 1 unspecified atom stereocenters. The van der Waals surface area contributed by atoms with Crippen molar-refractivity contribution in [3.05, 3.63) is 65.7 Å². The second kappa shape index (κ2) is 8.00. The number of methoxy groups -OCH3 is 1. The number of hydrogen-bond acceptors (Lipinski definition) is 4. The van der Waals surface area contributed by atoms with E-state index in [0.29, 0.717) is 13.1 Å². The Balaban J connectivity index is 1.75. The minimum atomic E-state index is -3.66. The third kappa shape index (κ3) is 3.65. The number of nitrogens with zero attached hydrogens (tertiary/aromatic N) is 2. The fourth-order valence-electron chi connectivity index (χ4n) is 3.59. The first-order chi connectivity index (χ1) is 12.6. The molecule has 5 nitrogen and oxygen atoms in total. The van der Waals surface area contributed by atoms with Gasteiger partial charge in [-0.2, -0.15) is 9.57 Å². The van der Waals surface area contributed by atoms with Crippen molar-refractivity contribution in [2.45, 2.75) is 23.8 Å². The Kier molecular flexibility index (Phi) is 5.72. The van der Waals surface area contributed by atoms with Gasteiger partial charge in [0.2, 0.25) is 10.0 Å². The number of ether oxygens (including phenoxy) is 1. The number of sulfonamides is 1. The van der Waals surface area contributed by atoms with Crippen LogP contribution in [0, 0.1) is 17.2 Å². The molecule has 0 aliphatic carbocycles. The molecule has 1 atom stereocenters. The summed E-state index contributed by atoms with van der Waals surface area (Å²) >= 11 is 0. The number of piperidine rings is 1. The molecule has 0 amide bonds. The van der Waals surface area contributed by atoms with Gasteiger partial charge in [-0.1, -0.05) is 42.5 Å². The molecule has 0 bridgehead atoms. The summed E-state index contributed by atoms with van der Waals surface area (Å²) in [5.41, 5.74) is 1.31. The van der Waals surface area contributed by atoms with E-state index in [4.69, 9.17) is 4.74 Å². The van der Waals surface area contributed by atoms with Gasteiger partial charge in [-0.05, 0) is 36.5 Å². The molecule has 1 aliphatic rings. The van der Waals surface area contributed by atoms with Crippen LogP contribution in [0.1, 0.15) is 30.1 Å². The predicted octanol–water partition coefficient (Wildman–Crippen LogP) is 3.35. The van der Waals surface area contributed by atoms with Gasteiger partial charge in [0.25, 0.3) is 0 Å². The topological polar surface area (TPSA) is 70.4 Å². The van der Waals surface area contributed by atoms with E-state index < -0.39 is 10.0 Å². The van der Waals surface area contributed by atoms with E-state index in [-0.39, 0.29) is 22.5 Å². The number of nitriles is 1. The molecule has 0 radical (unpaired) electrons. The van der Waals surface area contributed by atoms with E-state index in [1.54, 1.807) is 19.2 Å².